The molecule has 7 atom stereocenters. The van der Waals surface area contributed by atoms with Crippen LogP contribution in [0.15, 0.2) is 4.99 Å². The summed E-state index contributed by atoms with van der Waals surface area (Å²) in [7, 11) is 1.27. The molecule has 1 fully saturated rings. The smallest absolute Gasteiger partial charge is 0.394 e. The van der Waals surface area contributed by atoms with Gasteiger partial charge in [0.25, 0.3) is 0 Å². The number of rotatable bonds is 9. The molecule has 0 heterocycles. The van der Waals surface area contributed by atoms with Gasteiger partial charge in [0.05, 0.1) is 24.6 Å². The van der Waals surface area contributed by atoms with E-state index >= 15 is 0 Å². The van der Waals surface area contributed by atoms with Gasteiger partial charge in [0, 0.05) is 12.8 Å². The number of aliphatic imine (C=N–C) groups is 1. The molecule has 0 aromatic heterocycles. The topological polar surface area (TPSA) is 230 Å². The van der Waals surface area contributed by atoms with Crippen LogP contribution in [-0.4, -0.2) is 88.8 Å². The molecule has 0 unspecified atom stereocenters. The van der Waals surface area contributed by atoms with Crippen molar-refractivity contribution >= 4 is 31.3 Å². The highest BCUT2D eigenvalue weighted by molar-refractivity contribution is 6.34. The maximum Gasteiger partial charge on any atom is 0.394 e. The van der Waals surface area contributed by atoms with Crippen LogP contribution < -0.4 is 22.0 Å². The number of amides is 2. The highest BCUT2D eigenvalue weighted by Gasteiger charge is 2.54. The average molecular weight is 416 g/mol. The van der Waals surface area contributed by atoms with Gasteiger partial charge >= 0.3 is 12.1 Å². The van der Waals surface area contributed by atoms with Crippen LogP contribution in [-0.2, 0) is 14.3 Å². The second-order valence-corrected chi connectivity index (χ2v) is 6.65. The van der Waals surface area contributed by atoms with Crippen LogP contribution in [0.4, 0.5) is 4.79 Å². The molecule has 1 aliphatic rings. The fourth-order valence-corrected chi connectivity index (χ4v) is 3.48. The average Bonchev–Trinajstić information content (AvgIpc) is 2.95. The molecule has 1 saturated carbocycles. The molecule has 0 saturated heterocycles. The summed E-state index contributed by atoms with van der Waals surface area (Å²) in [6, 6.07) is -2.31. The number of ether oxygens (including phenoxy) is 1. The summed E-state index contributed by atoms with van der Waals surface area (Å²) in [6.07, 6.45) is -5.89. The molecule has 13 nitrogen and oxygen atoms in total. The summed E-state index contributed by atoms with van der Waals surface area (Å²) in [5, 5.41) is 43.8. The van der Waals surface area contributed by atoms with Gasteiger partial charge in [-0.3, -0.25) is 9.59 Å². The Kier molecular flexibility index (Phi) is 9.14. The first kappa shape index (κ1) is 24.5. The van der Waals surface area contributed by atoms with Gasteiger partial charge in [-0.2, -0.15) is 0 Å². The molecule has 0 aromatic carbocycles. The van der Waals surface area contributed by atoms with Crippen molar-refractivity contribution in [3.05, 3.63) is 0 Å². The van der Waals surface area contributed by atoms with Crippen molar-refractivity contribution in [3.8, 4) is 0 Å². The van der Waals surface area contributed by atoms with E-state index in [2.05, 4.69) is 15.5 Å². The molecule has 2 amide bonds. The number of carboxylic acid groups (broad SMARTS) is 1. The Morgan fingerprint density at radius 3 is 2.38 bits per heavy atom. The first-order valence-electron chi connectivity index (χ1n) is 8.84. The van der Waals surface area contributed by atoms with E-state index in [4.69, 9.17) is 16.2 Å². The minimum Gasteiger partial charge on any atom is -0.481 e. The molecular formula is C15H27BN5O8. The van der Waals surface area contributed by atoms with Gasteiger partial charge in [0.2, 0.25) is 13.3 Å². The summed E-state index contributed by atoms with van der Waals surface area (Å²) in [4.78, 5) is 39.4. The fourth-order valence-electron chi connectivity index (χ4n) is 3.48. The second-order valence-electron chi connectivity index (χ2n) is 6.65. The number of guanidine groups is 1. The molecule has 0 bridgehead atoms. The van der Waals surface area contributed by atoms with Crippen LogP contribution in [0.5, 0.6) is 0 Å². The first-order chi connectivity index (χ1) is 13.5. The van der Waals surface area contributed by atoms with Crippen LogP contribution >= 0.6 is 0 Å². The molecule has 1 aliphatic carbocycles. The number of carboxylic acids is 1. The van der Waals surface area contributed by atoms with Gasteiger partial charge in [-0.25, -0.2) is 9.79 Å². The Morgan fingerprint density at radius 1 is 1.31 bits per heavy atom. The maximum absolute atomic E-state index is 12.0. The van der Waals surface area contributed by atoms with Gasteiger partial charge in [-0.1, -0.05) is 6.82 Å². The normalized spacial score (nSPS) is 26.5. The molecule has 1 radical (unpaired) electrons. The Bertz CT molecular complexity index is 632. The number of nitrogens with one attached hydrogen (secondary N) is 2. The minimum atomic E-state index is -1.73. The largest absolute Gasteiger partial charge is 0.481 e. The molecule has 14 heteroatoms. The van der Waals surface area contributed by atoms with Crippen LogP contribution in [0.3, 0.4) is 0 Å². The lowest BCUT2D eigenvalue weighted by Gasteiger charge is -2.36. The standard InChI is InChI=1S/C15H27BN5O8/c1-5(23)19-10(11(25)8(24)4-22)9-7(20-14(17)18)3-6(13(26)27)12(9)29-15(28)21-16-2/h6-12,22,24-25H,3-4H2,1-2H3,(H,19,23)(H,21,28)(H,26,27)(H4,17,18,20)/t6-,7+,8-,9+,10-,11-,12+/m0/s1. The molecule has 1 rings (SSSR count). The van der Waals surface area contributed by atoms with E-state index in [9.17, 15) is 34.8 Å². The molecule has 10 N–H and O–H groups in total. The minimum absolute atomic E-state index is 0.163. The molecule has 163 valence electrons. The number of nitrogens with two attached hydrogens (primary N) is 2. The Hall–Kier alpha value is -2.58. The van der Waals surface area contributed by atoms with Gasteiger partial charge in [-0.15, -0.1) is 0 Å². The van der Waals surface area contributed by atoms with Gasteiger partial charge in [0.1, 0.15) is 18.3 Å². The third kappa shape index (κ3) is 6.47. The van der Waals surface area contributed by atoms with Crippen molar-refractivity contribution in [2.45, 2.75) is 50.6 Å². The van der Waals surface area contributed by atoms with Crippen molar-refractivity contribution in [2.75, 3.05) is 6.61 Å². The molecule has 0 aromatic rings. The number of aliphatic carboxylic acids is 1. The SMILES string of the molecule is C[B]NC(=O)O[C@H]1[C@@H]([C@H](NC(C)=O)[C@@H](O)[C@@H](O)CO)[C@H](N=C(N)N)C[C@@H]1C(=O)O. The Balaban J connectivity index is 3.45. The fraction of sp³-hybridized carbons (Fsp3) is 0.733. The summed E-state index contributed by atoms with van der Waals surface area (Å²) in [6.45, 7) is 1.81. The van der Waals surface area contributed by atoms with Crippen molar-refractivity contribution in [3.63, 3.8) is 0 Å². The number of nitrogens with zero attached hydrogens (tertiary/aromatic N) is 1. The van der Waals surface area contributed by atoms with E-state index < -0.39 is 66.8 Å². The van der Waals surface area contributed by atoms with E-state index in [1.165, 1.54) is 14.2 Å². The number of aliphatic hydroxyl groups is 3. The van der Waals surface area contributed by atoms with Gasteiger partial charge in [-0.05, 0) is 6.42 Å². The van der Waals surface area contributed by atoms with Crippen LogP contribution in [0.2, 0.25) is 6.82 Å². The van der Waals surface area contributed by atoms with E-state index in [-0.39, 0.29) is 12.4 Å². The number of hydrogen-bond acceptors (Lipinski definition) is 8. The van der Waals surface area contributed by atoms with Crippen molar-refractivity contribution in [1.82, 2.24) is 10.5 Å². The van der Waals surface area contributed by atoms with Gasteiger partial charge in [0.15, 0.2) is 5.96 Å². The zero-order chi connectivity index (χ0) is 22.3. The predicted octanol–water partition coefficient (Wildman–Crippen LogP) is -3.67. The summed E-state index contributed by atoms with van der Waals surface area (Å²) >= 11 is 0. The number of hydrogen-bond donors (Lipinski definition) is 8. The quantitative estimate of drug-likeness (QED) is 0.104. The third-order valence-corrected chi connectivity index (χ3v) is 4.59. The van der Waals surface area contributed by atoms with E-state index in [0.29, 0.717) is 0 Å². The van der Waals surface area contributed by atoms with Crippen LogP contribution in [0, 0.1) is 11.8 Å². The Labute approximate surface area is 167 Å². The molecule has 0 spiro atoms. The van der Waals surface area contributed by atoms with E-state index in [0.717, 1.165) is 6.92 Å². The first-order valence-corrected chi connectivity index (χ1v) is 8.84. The lowest BCUT2D eigenvalue weighted by molar-refractivity contribution is -0.145. The van der Waals surface area contributed by atoms with Gasteiger partial charge < -0.3 is 47.2 Å². The predicted molar refractivity (Wildman–Crippen MR) is 101 cm³/mol. The monoisotopic (exact) mass is 416 g/mol. The van der Waals surface area contributed by atoms with Crippen molar-refractivity contribution < 1.29 is 39.5 Å². The zero-order valence-electron chi connectivity index (χ0n) is 16.1. The number of carbonyl (C=O) groups is 3. The number of carbonyl (C=O) groups excluding carboxylic acids is 2. The van der Waals surface area contributed by atoms with Crippen LogP contribution in [0.25, 0.3) is 0 Å². The lowest BCUT2D eigenvalue weighted by Crippen LogP contribution is -2.58. The summed E-state index contributed by atoms with van der Waals surface area (Å²) in [5.41, 5.74) is 10.9. The maximum atomic E-state index is 12.0. The zero-order valence-corrected chi connectivity index (χ0v) is 16.1. The molecule has 0 aliphatic heterocycles. The number of aliphatic hydroxyl groups excluding tert-OH is 3. The third-order valence-electron chi connectivity index (χ3n) is 4.59. The van der Waals surface area contributed by atoms with Crippen LogP contribution in [0.1, 0.15) is 13.3 Å². The highest BCUT2D eigenvalue weighted by atomic mass is 16.6. The second kappa shape index (κ2) is 10.8. The van der Waals surface area contributed by atoms with E-state index in [1.54, 1.807) is 0 Å². The Morgan fingerprint density at radius 2 is 1.93 bits per heavy atom. The molecule has 29 heavy (non-hydrogen) atoms. The summed E-state index contributed by atoms with van der Waals surface area (Å²) < 4.78 is 5.26. The van der Waals surface area contributed by atoms with Crippen molar-refractivity contribution in [1.29, 1.82) is 0 Å². The van der Waals surface area contributed by atoms with Crippen molar-refractivity contribution in [2.24, 2.45) is 28.3 Å². The summed E-state index contributed by atoms with van der Waals surface area (Å²) in [5.74, 6) is -4.69. The molecular weight excluding hydrogens is 389 g/mol. The highest BCUT2D eigenvalue weighted by Crippen LogP contribution is 2.40. The van der Waals surface area contributed by atoms with E-state index in [1.807, 2.05) is 0 Å². The lowest BCUT2D eigenvalue weighted by atomic mass is 9.85.